The maximum absolute atomic E-state index is 13.5. The minimum atomic E-state index is -0.854. The van der Waals surface area contributed by atoms with Crippen molar-refractivity contribution in [3.05, 3.63) is 82.2 Å². The van der Waals surface area contributed by atoms with Crippen LogP contribution in [0.1, 0.15) is 30.3 Å². The molecule has 27 heavy (non-hydrogen) atoms. The van der Waals surface area contributed by atoms with Gasteiger partial charge in [0.25, 0.3) is 5.56 Å². The summed E-state index contributed by atoms with van der Waals surface area (Å²) < 4.78 is 26.7. The number of nitrogens with zero attached hydrogens (tertiary/aromatic N) is 3. The number of benzene rings is 1. The Morgan fingerprint density at radius 2 is 1.93 bits per heavy atom. The van der Waals surface area contributed by atoms with Crippen molar-refractivity contribution in [3.8, 4) is 11.3 Å². The first-order chi connectivity index (χ1) is 13.1. The zero-order chi connectivity index (χ0) is 18.8. The number of hydrogen-bond acceptors (Lipinski definition) is 4. The van der Waals surface area contributed by atoms with Crippen LogP contribution < -0.4 is 5.56 Å². The van der Waals surface area contributed by atoms with Gasteiger partial charge in [0.05, 0.1) is 11.7 Å². The Hall–Kier alpha value is -2.93. The van der Waals surface area contributed by atoms with Gasteiger partial charge in [-0.1, -0.05) is 6.07 Å². The second-order valence-corrected chi connectivity index (χ2v) is 6.63. The molecule has 1 aromatic carbocycles. The number of rotatable bonds is 4. The van der Waals surface area contributed by atoms with Crippen molar-refractivity contribution >= 4 is 0 Å². The SMILES string of the molecule is O=c1cc(-c2ccncc2)nc(C2CCCN2Cc2ccc(F)c(F)c2)[nH]1. The molecule has 3 aromatic rings. The lowest BCUT2D eigenvalue weighted by Crippen LogP contribution is -2.26. The number of pyridine rings is 1. The Bertz CT molecular complexity index is 1010. The molecule has 1 aliphatic heterocycles. The summed E-state index contributed by atoms with van der Waals surface area (Å²) >= 11 is 0. The van der Waals surface area contributed by atoms with Crippen molar-refractivity contribution in [2.45, 2.75) is 25.4 Å². The molecule has 2 aromatic heterocycles. The molecule has 0 aliphatic carbocycles. The molecule has 7 heteroatoms. The van der Waals surface area contributed by atoms with E-state index in [9.17, 15) is 13.6 Å². The number of halogens is 2. The van der Waals surface area contributed by atoms with Crippen LogP contribution in [0.3, 0.4) is 0 Å². The summed E-state index contributed by atoms with van der Waals surface area (Å²) in [5.74, 6) is -1.11. The lowest BCUT2D eigenvalue weighted by molar-refractivity contribution is 0.239. The molecule has 1 unspecified atom stereocenters. The highest BCUT2D eigenvalue weighted by Crippen LogP contribution is 2.31. The summed E-state index contributed by atoms with van der Waals surface area (Å²) in [6, 6.07) is 8.94. The van der Waals surface area contributed by atoms with Crippen LogP contribution in [0, 0.1) is 11.6 Å². The molecule has 1 atom stereocenters. The summed E-state index contributed by atoms with van der Waals surface area (Å²) in [5, 5.41) is 0. The van der Waals surface area contributed by atoms with Gasteiger partial charge in [-0.15, -0.1) is 0 Å². The first-order valence-electron chi connectivity index (χ1n) is 8.80. The third-order valence-electron chi connectivity index (χ3n) is 4.79. The molecule has 0 radical (unpaired) electrons. The summed E-state index contributed by atoms with van der Waals surface area (Å²) in [6.45, 7) is 1.26. The molecule has 5 nitrogen and oxygen atoms in total. The molecule has 1 fully saturated rings. The minimum Gasteiger partial charge on any atom is -0.309 e. The zero-order valence-corrected chi connectivity index (χ0v) is 14.5. The van der Waals surface area contributed by atoms with Crippen molar-refractivity contribution < 1.29 is 8.78 Å². The van der Waals surface area contributed by atoms with Crippen LogP contribution in [-0.4, -0.2) is 26.4 Å². The third-order valence-corrected chi connectivity index (χ3v) is 4.79. The number of aromatic amines is 1. The normalized spacial score (nSPS) is 17.3. The predicted molar refractivity (Wildman–Crippen MR) is 96.8 cm³/mol. The monoisotopic (exact) mass is 368 g/mol. The first kappa shape index (κ1) is 17.5. The van der Waals surface area contributed by atoms with E-state index in [0.717, 1.165) is 31.0 Å². The number of likely N-dealkylation sites (tertiary alicyclic amines) is 1. The number of hydrogen-bond donors (Lipinski definition) is 1. The van der Waals surface area contributed by atoms with Gasteiger partial charge in [0.2, 0.25) is 0 Å². The highest BCUT2D eigenvalue weighted by atomic mass is 19.2. The number of aromatic nitrogens is 3. The lowest BCUT2D eigenvalue weighted by atomic mass is 10.1. The molecule has 3 heterocycles. The highest BCUT2D eigenvalue weighted by molar-refractivity contribution is 5.57. The van der Waals surface area contributed by atoms with Crippen LogP contribution in [0.2, 0.25) is 0 Å². The van der Waals surface area contributed by atoms with E-state index in [1.54, 1.807) is 30.6 Å². The summed E-state index contributed by atoms with van der Waals surface area (Å²) in [6.07, 6.45) is 5.09. The molecule has 0 amide bonds. The Balaban J connectivity index is 1.63. The van der Waals surface area contributed by atoms with E-state index in [0.29, 0.717) is 23.6 Å². The quantitative estimate of drug-likeness (QED) is 0.766. The van der Waals surface area contributed by atoms with E-state index in [2.05, 4.69) is 19.9 Å². The average molecular weight is 368 g/mol. The Labute approximate surface area is 154 Å². The van der Waals surface area contributed by atoms with Gasteiger partial charge in [0, 0.05) is 30.6 Å². The van der Waals surface area contributed by atoms with Crippen LogP contribution in [0.15, 0.2) is 53.6 Å². The largest absolute Gasteiger partial charge is 0.309 e. The van der Waals surface area contributed by atoms with Crippen molar-refractivity contribution in [2.24, 2.45) is 0 Å². The number of nitrogens with one attached hydrogen (secondary N) is 1. The van der Waals surface area contributed by atoms with Crippen LogP contribution in [0.25, 0.3) is 11.3 Å². The van der Waals surface area contributed by atoms with Gasteiger partial charge in [-0.05, 0) is 49.2 Å². The topological polar surface area (TPSA) is 61.9 Å². The fourth-order valence-corrected chi connectivity index (χ4v) is 3.50. The fourth-order valence-electron chi connectivity index (χ4n) is 3.50. The predicted octanol–water partition coefficient (Wildman–Crippen LogP) is 3.45. The minimum absolute atomic E-state index is 0.0763. The van der Waals surface area contributed by atoms with Crippen molar-refractivity contribution in [2.75, 3.05) is 6.54 Å². The second-order valence-electron chi connectivity index (χ2n) is 6.63. The number of H-pyrrole nitrogens is 1. The standard InChI is InChI=1S/C20H18F2N4O/c21-15-4-3-13(10-16(15)22)12-26-9-1-2-18(26)20-24-17(11-19(27)25-20)14-5-7-23-8-6-14/h3-8,10-11,18H,1-2,9,12H2,(H,24,25,27). The van der Waals surface area contributed by atoms with E-state index in [1.165, 1.54) is 12.1 Å². The molecule has 1 saturated heterocycles. The van der Waals surface area contributed by atoms with Crippen LogP contribution >= 0.6 is 0 Å². The van der Waals surface area contributed by atoms with E-state index in [4.69, 9.17) is 0 Å². The van der Waals surface area contributed by atoms with Gasteiger partial charge in [-0.2, -0.15) is 0 Å². The summed E-state index contributed by atoms with van der Waals surface area (Å²) in [4.78, 5) is 25.8. The van der Waals surface area contributed by atoms with E-state index in [1.807, 2.05) is 0 Å². The molecule has 1 N–H and O–H groups in total. The highest BCUT2D eigenvalue weighted by Gasteiger charge is 2.28. The summed E-state index contributed by atoms with van der Waals surface area (Å²) in [5.41, 5.74) is 1.89. The van der Waals surface area contributed by atoms with Crippen molar-refractivity contribution in [1.29, 1.82) is 0 Å². The molecule has 138 valence electrons. The molecular formula is C20H18F2N4O. The van der Waals surface area contributed by atoms with Crippen molar-refractivity contribution in [3.63, 3.8) is 0 Å². The van der Waals surface area contributed by atoms with Gasteiger partial charge >= 0.3 is 0 Å². The second kappa shape index (κ2) is 7.36. The smallest absolute Gasteiger partial charge is 0.251 e. The molecular weight excluding hydrogens is 350 g/mol. The third kappa shape index (κ3) is 3.78. The van der Waals surface area contributed by atoms with E-state index in [-0.39, 0.29) is 11.6 Å². The van der Waals surface area contributed by atoms with Gasteiger partial charge in [-0.25, -0.2) is 13.8 Å². The fraction of sp³-hybridized carbons (Fsp3) is 0.250. The maximum atomic E-state index is 13.5. The lowest BCUT2D eigenvalue weighted by Gasteiger charge is -2.24. The Kier molecular flexibility index (Phi) is 4.77. The molecule has 1 aliphatic rings. The maximum Gasteiger partial charge on any atom is 0.251 e. The van der Waals surface area contributed by atoms with Crippen molar-refractivity contribution in [1.82, 2.24) is 19.9 Å². The van der Waals surface area contributed by atoms with E-state index < -0.39 is 11.6 Å². The summed E-state index contributed by atoms with van der Waals surface area (Å²) in [7, 11) is 0. The zero-order valence-electron chi connectivity index (χ0n) is 14.5. The van der Waals surface area contributed by atoms with Gasteiger partial charge < -0.3 is 4.98 Å². The Morgan fingerprint density at radius 3 is 2.70 bits per heavy atom. The van der Waals surface area contributed by atoms with Crippen LogP contribution in [-0.2, 0) is 6.54 Å². The van der Waals surface area contributed by atoms with Crippen LogP contribution in [0.5, 0.6) is 0 Å². The van der Waals surface area contributed by atoms with E-state index >= 15 is 0 Å². The molecule has 0 spiro atoms. The first-order valence-corrected chi connectivity index (χ1v) is 8.80. The molecule has 0 saturated carbocycles. The van der Waals surface area contributed by atoms with Gasteiger partial charge in [0.1, 0.15) is 5.82 Å². The van der Waals surface area contributed by atoms with Gasteiger partial charge in [0.15, 0.2) is 11.6 Å². The molecule has 0 bridgehead atoms. The van der Waals surface area contributed by atoms with Gasteiger partial charge in [-0.3, -0.25) is 14.7 Å². The van der Waals surface area contributed by atoms with Crippen LogP contribution in [0.4, 0.5) is 8.78 Å². The average Bonchev–Trinajstić information content (AvgIpc) is 3.13. The Morgan fingerprint density at radius 1 is 1.11 bits per heavy atom. The molecule has 4 rings (SSSR count).